The molecule has 0 saturated carbocycles. The molecule has 0 aliphatic rings. The molecule has 0 aliphatic carbocycles. The fraction of sp³-hybridized carbons (Fsp3) is 0.138. The van der Waals surface area contributed by atoms with Crippen molar-refractivity contribution >= 4 is 235 Å². The van der Waals surface area contributed by atoms with Crippen LogP contribution in [0.25, 0.3) is 21.5 Å². The maximum absolute atomic E-state index is 12.5. The molecule has 70 heteroatoms. The predicted molar refractivity (Wildman–Crippen MR) is 418 cm³/mol. The number of anilines is 8. The van der Waals surface area contributed by atoms with E-state index in [1.165, 1.54) is 24.3 Å². The number of phenols is 2. The van der Waals surface area contributed by atoms with Crippen LogP contribution in [0.5, 0.6) is 11.5 Å². The molecule has 0 fully saturated rings. The van der Waals surface area contributed by atoms with Crippen molar-refractivity contribution in [1.29, 1.82) is 0 Å². The van der Waals surface area contributed by atoms with E-state index < -0.39 is 269 Å². The summed E-state index contributed by atoms with van der Waals surface area (Å²) in [6, 6.07) is 21.2. The van der Waals surface area contributed by atoms with Crippen molar-refractivity contribution in [3.05, 3.63) is 144 Å². The molecule has 52 nitrogen and oxygen atoms in total. The van der Waals surface area contributed by atoms with Crippen LogP contribution < -0.4 is 139 Å². The van der Waals surface area contributed by atoms with E-state index in [-0.39, 0.29) is 172 Å². The van der Waals surface area contributed by atoms with Gasteiger partial charge in [-0.3, -0.25) is 18.2 Å². The first-order valence-electron chi connectivity index (χ1n) is 32.1. The molecule has 10 N–H and O–H groups in total. The number of halogens is 2. The van der Waals surface area contributed by atoms with Gasteiger partial charge in [0.1, 0.15) is 51.8 Å². The number of hydrogen-bond donors (Lipinski definition) is 10. The monoisotopic (exact) mass is 2090 g/mol. The fourth-order valence-corrected chi connectivity index (χ4v) is 18.7. The van der Waals surface area contributed by atoms with E-state index in [1.807, 2.05) is 0 Å². The Morgan fingerprint density at radius 2 is 0.555 bits per heavy atom. The van der Waals surface area contributed by atoms with Crippen molar-refractivity contribution in [2.24, 2.45) is 20.5 Å². The number of phenolic OH excluding ortho intramolecular Hbond substituents is 2. The molecule has 10 rings (SSSR count). The molecular formula is C58H48Cl2N14Na4O38S12. The third-order valence-electron chi connectivity index (χ3n) is 15.3. The SMILES string of the molecule is O=S(=O)(O)OCCS(=O)(=O)c1ccc(N=Nc2c(S(=O)(=O)[O-])cc3cc(S(=O)(=O)[O-])cc(Nc4nc(Cl)nc(Nc5ccc(S(=O)(=O)CCOS(=O)(=O)O)cc5)n4)c3c2O)cc1.O=S(=O)(O)OCCS(=O)(=O)c1ccc(N=Nc2c(S(=O)(=O)[O-])cc3cc(S(=O)(=O)[O-])cc(Nc4nc(Cl)nc(Nc5ccc(S(=O)(=O)CCOS(=O)(=O)O)cc5)n4)c3c2O)cc1.[Na+].[Na+].[Na+].[Na+]. The molecule has 0 amide bonds. The number of azo groups is 2. The third kappa shape index (κ3) is 32.6. The maximum atomic E-state index is 12.5. The summed E-state index contributed by atoms with van der Waals surface area (Å²) >= 11 is 12.2. The molecule has 668 valence electrons. The Bertz CT molecular complexity index is 7040. The van der Waals surface area contributed by atoms with Crippen molar-refractivity contribution < 1.29 is 283 Å². The molecule has 0 spiro atoms. The average molecular weight is 2100 g/mol. The van der Waals surface area contributed by atoms with E-state index in [1.54, 1.807) is 0 Å². The van der Waals surface area contributed by atoms with Gasteiger partial charge >= 0.3 is 160 Å². The van der Waals surface area contributed by atoms with Gasteiger partial charge in [0.05, 0.1) is 111 Å². The van der Waals surface area contributed by atoms with Gasteiger partial charge in [0.15, 0.2) is 50.8 Å². The van der Waals surface area contributed by atoms with Crippen molar-refractivity contribution in [3.63, 3.8) is 0 Å². The topological polar surface area (TPSA) is 835 Å². The molecule has 0 saturated heterocycles. The Balaban J connectivity index is 0.000000440. The van der Waals surface area contributed by atoms with Crippen LogP contribution in [0.3, 0.4) is 0 Å². The summed E-state index contributed by atoms with van der Waals surface area (Å²) < 4.78 is 384. The molecule has 2 aromatic heterocycles. The van der Waals surface area contributed by atoms with Crippen molar-refractivity contribution in [2.45, 2.75) is 39.2 Å². The van der Waals surface area contributed by atoms with Gasteiger partial charge in [-0.25, -0.2) is 84.1 Å². The second kappa shape index (κ2) is 44.3. The first-order valence-corrected chi connectivity index (χ1v) is 50.5. The minimum absolute atomic E-state index is 0. The molecule has 128 heavy (non-hydrogen) atoms. The zero-order valence-electron chi connectivity index (χ0n) is 64.2. The Labute approximate surface area is 823 Å². The van der Waals surface area contributed by atoms with Gasteiger partial charge < -0.3 is 49.7 Å². The molecule has 0 bridgehead atoms. The van der Waals surface area contributed by atoms with Crippen LogP contribution in [0.4, 0.5) is 69.3 Å². The maximum Gasteiger partial charge on any atom is 1.00 e. The zero-order chi connectivity index (χ0) is 92.1. The zero-order valence-corrected chi connectivity index (χ0v) is 83.5. The minimum atomic E-state index is -5.57. The Kier molecular flexibility index (Phi) is 38.9. The van der Waals surface area contributed by atoms with Crippen LogP contribution in [0.1, 0.15) is 0 Å². The summed E-state index contributed by atoms with van der Waals surface area (Å²) in [6.07, 6.45) is 0. The van der Waals surface area contributed by atoms with E-state index in [4.69, 9.17) is 41.4 Å². The third-order valence-corrected chi connectivity index (χ3v) is 27.6. The first-order chi connectivity index (χ1) is 57.0. The van der Waals surface area contributed by atoms with Gasteiger partial charge in [0, 0.05) is 22.1 Å². The van der Waals surface area contributed by atoms with Crippen LogP contribution >= 0.6 is 23.2 Å². The van der Waals surface area contributed by atoms with Gasteiger partial charge in [0.25, 0.3) is 0 Å². The van der Waals surface area contributed by atoms with Crippen LogP contribution in [-0.2, 0) is 138 Å². The number of nitrogens with zero attached hydrogens (tertiary/aromatic N) is 10. The van der Waals surface area contributed by atoms with E-state index in [0.29, 0.717) is 36.4 Å². The summed E-state index contributed by atoms with van der Waals surface area (Å²) in [6.45, 7) is -3.61. The number of sulfone groups is 4. The summed E-state index contributed by atoms with van der Waals surface area (Å²) in [5.41, 5.74) is -3.19. The van der Waals surface area contributed by atoms with Crippen LogP contribution in [-0.4, -0.2) is 227 Å². The normalized spacial score (nSPS) is 12.7. The van der Waals surface area contributed by atoms with Gasteiger partial charge in [-0.1, -0.05) is 0 Å². The summed E-state index contributed by atoms with van der Waals surface area (Å²) in [5.74, 6) is -7.38. The van der Waals surface area contributed by atoms with E-state index in [2.05, 4.69) is 88.4 Å². The molecule has 0 unspecified atom stereocenters. The van der Waals surface area contributed by atoms with Gasteiger partial charge in [0.2, 0.25) is 34.4 Å². The van der Waals surface area contributed by atoms with Gasteiger partial charge in [-0.2, -0.15) is 73.8 Å². The van der Waals surface area contributed by atoms with Crippen molar-refractivity contribution in [2.75, 3.05) is 70.7 Å². The van der Waals surface area contributed by atoms with Crippen LogP contribution in [0.15, 0.2) is 193 Å². The molecule has 0 aliphatic heterocycles. The second-order valence-corrected chi connectivity index (χ2v) is 42.7. The first kappa shape index (κ1) is 112. The number of aromatic hydroxyl groups is 2. The van der Waals surface area contributed by atoms with Crippen LogP contribution in [0, 0.1) is 0 Å². The van der Waals surface area contributed by atoms with E-state index in [0.717, 1.165) is 72.8 Å². The Morgan fingerprint density at radius 3 is 0.789 bits per heavy atom. The predicted octanol–water partition coefficient (Wildman–Crippen LogP) is -7.42. The minimum Gasteiger partial charge on any atom is -0.744 e. The van der Waals surface area contributed by atoms with Crippen molar-refractivity contribution in [1.82, 2.24) is 29.9 Å². The second-order valence-electron chi connectivity index (χ2n) is 23.8. The average Bonchev–Trinajstić information content (AvgIpc) is 0.749. The number of hydrogen-bond acceptors (Lipinski definition) is 48. The summed E-state index contributed by atoms with van der Waals surface area (Å²) in [5, 5.41) is 45.0. The quantitative estimate of drug-likeness (QED) is 0.00991. The number of aromatic nitrogens is 6. The fourth-order valence-electron chi connectivity index (χ4n) is 10.0. The Hall–Kier alpha value is -6.20. The number of nitrogens with one attached hydrogen (secondary N) is 4. The molecular weight excluding hydrogens is 2050 g/mol. The van der Waals surface area contributed by atoms with Crippen LogP contribution in [0.2, 0.25) is 10.6 Å². The summed E-state index contributed by atoms with van der Waals surface area (Å²) in [7, 11) is -58.0. The van der Waals surface area contributed by atoms with Gasteiger partial charge in [-0.15, -0.1) is 10.2 Å². The molecule has 0 atom stereocenters. The standard InChI is InChI=1S/2C29H26ClN7O19S6.4Na/c2*30-27-33-28(31-17-1-5-19(6-2-17)57(39,40)11-9-55-61(49,50)51)35-29(34-27)32-22-15-21(59(43,44)45)13-16-14-23(60(46,47)48)25(26(38)24(16)22)37-36-18-3-7-20(8-4-18)58(41,42)12-10-56-62(52,53)54;;;;/h2*1-8,13-15,38H,9-12H2,(H,43,44,45)(H,46,47,48)(H,49,50,51)(H,52,53,54)(H2,31,32,33,34,35);;;;/q;;4*+1/p-4. The Morgan fingerprint density at radius 1 is 0.312 bits per heavy atom. The number of fused-ring (bicyclic) bond motifs is 2. The smallest absolute Gasteiger partial charge is 0.744 e. The molecule has 8 aromatic carbocycles. The van der Waals surface area contributed by atoms with Crippen molar-refractivity contribution in [3.8, 4) is 11.5 Å². The summed E-state index contributed by atoms with van der Waals surface area (Å²) in [4.78, 5) is 17.7. The molecule has 2 heterocycles. The molecule has 10 aromatic rings. The number of benzene rings is 8. The number of rotatable bonds is 36. The van der Waals surface area contributed by atoms with E-state index >= 15 is 0 Å². The largest absolute Gasteiger partial charge is 1.00 e. The molecule has 0 radical (unpaired) electrons. The van der Waals surface area contributed by atoms with E-state index in [9.17, 15) is 129 Å². The van der Waals surface area contributed by atoms with Gasteiger partial charge in [-0.05, 0) is 167 Å².